The van der Waals surface area contributed by atoms with Gasteiger partial charge in [0.1, 0.15) is 5.69 Å². The largest absolute Gasteiger partial charge is 0.322 e. The Morgan fingerprint density at radius 2 is 2.07 bits per heavy atom. The van der Waals surface area contributed by atoms with Gasteiger partial charge in [0.15, 0.2) is 0 Å². The zero-order chi connectivity index (χ0) is 10.7. The van der Waals surface area contributed by atoms with Gasteiger partial charge < -0.3 is 5.32 Å². The predicted molar refractivity (Wildman–Crippen MR) is 52.8 cm³/mol. The molecular weight excluding hydrogens is 231 g/mol. The normalized spacial score (nSPS) is 9.57. The fourth-order valence-corrected chi connectivity index (χ4v) is 1.44. The summed E-state index contributed by atoms with van der Waals surface area (Å²) >= 11 is 11.2. The van der Waals surface area contributed by atoms with Crippen LogP contribution in [0.2, 0.25) is 10.0 Å². The average Bonchev–Trinajstić information content (AvgIpc) is 2.09. The molecular formula is C7H4Cl2N2O3. The van der Waals surface area contributed by atoms with Gasteiger partial charge in [-0.25, -0.2) is 0 Å². The smallest absolute Gasteiger partial charge is 0.295 e. The van der Waals surface area contributed by atoms with E-state index in [0.717, 1.165) is 6.07 Å². The molecule has 74 valence electrons. The minimum absolute atomic E-state index is 0.0244. The molecule has 5 nitrogen and oxygen atoms in total. The van der Waals surface area contributed by atoms with Crippen molar-refractivity contribution in [2.45, 2.75) is 0 Å². The van der Waals surface area contributed by atoms with E-state index >= 15 is 0 Å². The lowest BCUT2D eigenvalue weighted by Crippen LogP contribution is -2.00. The number of anilines is 1. The number of amides is 1. The van der Waals surface area contributed by atoms with Crippen LogP contribution in [0.3, 0.4) is 0 Å². The Hall–Kier alpha value is -1.33. The van der Waals surface area contributed by atoms with Gasteiger partial charge in [0.25, 0.3) is 5.69 Å². The Balaban J connectivity index is 3.35. The number of hydrogen-bond donors (Lipinski definition) is 1. The van der Waals surface area contributed by atoms with Gasteiger partial charge >= 0.3 is 0 Å². The van der Waals surface area contributed by atoms with Crippen molar-refractivity contribution in [1.29, 1.82) is 0 Å². The van der Waals surface area contributed by atoms with Crippen molar-refractivity contribution >= 4 is 41.0 Å². The van der Waals surface area contributed by atoms with E-state index < -0.39 is 4.92 Å². The maximum absolute atomic E-state index is 10.5. The van der Waals surface area contributed by atoms with Crippen LogP contribution in [0.25, 0.3) is 0 Å². The molecule has 7 heteroatoms. The summed E-state index contributed by atoms with van der Waals surface area (Å²) in [6.45, 7) is 0. The molecule has 0 aliphatic carbocycles. The number of carbonyl (C=O) groups excluding carboxylic acids is 1. The lowest BCUT2D eigenvalue weighted by molar-refractivity contribution is -0.383. The number of carbonyl (C=O) groups is 1. The van der Waals surface area contributed by atoms with Gasteiger partial charge in [0, 0.05) is 11.1 Å². The van der Waals surface area contributed by atoms with Crippen LogP contribution in [-0.2, 0) is 4.79 Å². The fraction of sp³-hybridized carbons (Fsp3) is 0. The van der Waals surface area contributed by atoms with Gasteiger partial charge in [-0.1, -0.05) is 23.2 Å². The van der Waals surface area contributed by atoms with Crippen LogP contribution in [0.1, 0.15) is 0 Å². The Labute approximate surface area is 88.8 Å². The van der Waals surface area contributed by atoms with Gasteiger partial charge in [-0.3, -0.25) is 14.9 Å². The molecule has 0 atom stereocenters. The van der Waals surface area contributed by atoms with E-state index in [1.807, 2.05) is 0 Å². The minimum atomic E-state index is -0.677. The number of hydrogen-bond acceptors (Lipinski definition) is 3. The Morgan fingerprint density at radius 1 is 1.43 bits per heavy atom. The van der Waals surface area contributed by atoms with Gasteiger partial charge in [-0.15, -0.1) is 0 Å². The molecule has 0 fully saturated rings. The van der Waals surface area contributed by atoms with Crippen LogP contribution in [-0.4, -0.2) is 11.3 Å². The highest BCUT2D eigenvalue weighted by molar-refractivity contribution is 6.37. The summed E-state index contributed by atoms with van der Waals surface area (Å²) in [5.74, 6) is 0. The van der Waals surface area contributed by atoms with Crippen LogP contribution in [0.5, 0.6) is 0 Å². The summed E-state index contributed by atoms with van der Waals surface area (Å²) in [5.41, 5.74) is -0.398. The summed E-state index contributed by atoms with van der Waals surface area (Å²) in [6.07, 6.45) is 0.308. The minimum Gasteiger partial charge on any atom is -0.322 e. The van der Waals surface area contributed by atoms with Crippen LogP contribution >= 0.6 is 23.2 Å². The number of rotatable bonds is 3. The molecule has 1 rings (SSSR count). The number of nitro groups is 1. The van der Waals surface area contributed by atoms with Crippen LogP contribution in [0.4, 0.5) is 11.4 Å². The molecule has 0 aliphatic rings. The molecule has 1 amide bonds. The van der Waals surface area contributed by atoms with Crippen molar-refractivity contribution in [2.24, 2.45) is 0 Å². The van der Waals surface area contributed by atoms with Gasteiger partial charge in [-0.05, 0) is 6.07 Å². The summed E-state index contributed by atoms with van der Waals surface area (Å²) in [4.78, 5) is 20.0. The first-order valence-corrected chi connectivity index (χ1v) is 4.15. The highest BCUT2D eigenvalue weighted by atomic mass is 35.5. The van der Waals surface area contributed by atoms with E-state index in [2.05, 4.69) is 5.32 Å². The second kappa shape index (κ2) is 4.26. The van der Waals surface area contributed by atoms with Crippen LogP contribution in [0, 0.1) is 10.1 Å². The molecule has 1 aromatic carbocycles. The Bertz CT molecular complexity index is 395. The zero-order valence-electron chi connectivity index (χ0n) is 6.66. The van der Waals surface area contributed by atoms with Crippen molar-refractivity contribution in [2.75, 3.05) is 5.32 Å². The lowest BCUT2D eigenvalue weighted by atomic mass is 10.2. The summed E-state index contributed by atoms with van der Waals surface area (Å²) < 4.78 is 0. The lowest BCUT2D eigenvalue weighted by Gasteiger charge is -2.03. The SMILES string of the molecule is O=CNc1c(Cl)cc(Cl)cc1[N+](=O)[O-]. The number of nitrogens with zero attached hydrogens (tertiary/aromatic N) is 1. The summed E-state index contributed by atoms with van der Waals surface area (Å²) in [6, 6.07) is 2.42. The highest BCUT2D eigenvalue weighted by Crippen LogP contribution is 2.34. The van der Waals surface area contributed by atoms with E-state index in [1.54, 1.807) is 0 Å². The molecule has 0 saturated carbocycles. The standard InChI is InChI=1S/C7H4Cl2N2O3/c8-4-1-5(9)7(10-3-12)6(2-4)11(13)14/h1-3H,(H,10,12). The van der Waals surface area contributed by atoms with Crippen molar-refractivity contribution in [3.8, 4) is 0 Å². The van der Waals surface area contributed by atoms with Crippen molar-refractivity contribution in [1.82, 2.24) is 0 Å². The molecule has 0 bridgehead atoms. The molecule has 1 aromatic rings. The average molecular weight is 235 g/mol. The maximum Gasteiger partial charge on any atom is 0.295 e. The molecule has 0 radical (unpaired) electrons. The fourth-order valence-electron chi connectivity index (χ4n) is 0.906. The topological polar surface area (TPSA) is 72.2 Å². The monoisotopic (exact) mass is 234 g/mol. The Morgan fingerprint density at radius 3 is 2.57 bits per heavy atom. The Kier molecular flexibility index (Phi) is 3.27. The van der Waals surface area contributed by atoms with Gasteiger partial charge in [0.2, 0.25) is 6.41 Å². The quantitative estimate of drug-likeness (QED) is 0.496. The molecule has 0 heterocycles. The second-order valence-electron chi connectivity index (χ2n) is 2.30. The van der Waals surface area contributed by atoms with Crippen molar-refractivity contribution in [3.05, 3.63) is 32.3 Å². The van der Waals surface area contributed by atoms with Gasteiger partial charge in [-0.2, -0.15) is 0 Å². The number of benzene rings is 1. The maximum atomic E-state index is 10.5. The predicted octanol–water partition coefficient (Wildman–Crippen LogP) is 2.47. The summed E-state index contributed by atoms with van der Waals surface area (Å²) in [7, 11) is 0. The van der Waals surface area contributed by atoms with Crippen molar-refractivity contribution < 1.29 is 9.72 Å². The van der Waals surface area contributed by atoms with Gasteiger partial charge in [0.05, 0.1) is 9.95 Å². The van der Waals surface area contributed by atoms with E-state index in [4.69, 9.17) is 23.2 Å². The third-order valence-corrected chi connectivity index (χ3v) is 1.95. The molecule has 0 aromatic heterocycles. The third-order valence-electron chi connectivity index (χ3n) is 1.43. The first kappa shape index (κ1) is 10.7. The molecule has 1 N–H and O–H groups in total. The molecule has 0 spiro atoms. The number of nitro benzene ring substituents is 1. The first-order valence-electron chi connectivity index (χ1n) is 3.40. The third kappa shape index (κ3) is 2.12. The molecule has 0 aliphatic heterocycles. The molecule has 0 saturated heterocycles. The van der Waals surface area contributed by atoms with E-state index in [9.17, 15) is 14.9 Å². The van der Waals surface area contributed by atoms with Crippen LogP contribution < -0.4 is 5.32 Å². The number of halogens is 2. The van der Waals surface area contributed by atoms with E-state index in [1.165, 1.54) is 6.07 Å². The van der Waals surface area contributed by atoms with E-state index in [-0.39, 0.29) is 21.4 Å². The number of nitrogens with one attached hydrogen (secondary N) is 1. The van der Waals surface area contributed by atoms with E-state index in [0.29, 0.717) is 6.41 Å². The molecule has 0 unspecified atom stereocenters. The molecule has 14 heavy (non-hydrogen) atoms. The van der Waals surface area contributed by atoms with Crippen LogP contribution in [0.15, 0.2) is 12.1 Å². The first-order chi connectivity index (χ1) is 6.56. The zero-order valence-corrected chi connectivity index (χ0v) is 8.17. The van der Waals surface area contributed by atoms with Crippen molar-refractivity contribution in [3.63, 3.8) is 0 Å². The summed E-state index contributed by atoms with van der Waals surface area (Å²) in [5, 5.41) is 12.8. The second-order valence-corrected chi connectivity index (χ2v) is 3.14. The highest BCUT2D eigenvalue weighted by Gasteiger charge is 2.17.